The molecule has 3 nitrogen and oxygen atoms in total. The van der Waals surface area contributed by atoms with E-state index in [9.17, 15) is 0 Å². The topological polar surface area (TPSA) is 27.1 Å². The van der Waals surface area contributed by atoms with Crippen LogP contribution < -0.4 is 0 Å². The summed E-state index contributed by atoms with van der Waals surface area (Å²) in [5.74, 6) is 1.37. The number of aromatic nitrogens is 2. The molecular formula is C15H21ClN2O. The van der Waals surface area contributed by atoms with Crippen LogP contribution in [0.25, 0.3) is 11.0 Å². The number of alkyl halides is 1. The molecule has 0 N–H and O–H groups in total. The summed E-state index contributed by atoms with van der Waals surface area (Å²) in [6.07, 6.45) is 0. The second-order valence-electron chi connectivity index (χ2n) is 5.20. The number of imidazole rings is 1. The van der Waals surface area contributed by atoms with Gasteiger partial charge in [0.1, 0.15) is 5.82 Å². The Balaban J connectivity index is 2.51. The Labute approximate surface area is 119 Å². The van der Waals surface area contributed by atoms with Crippen LogP contribution in [0.2, 0.25) is 0 Å². The molecule has 104 valence electrons. The number of para-hydroxylation sites is 1. The monoisotopic (exact) mass is 280 g/mol. The van der Waals surface area contributed by atoms with Crippen molar-refractivity contribution >= 4 is 22.6 Å². The first kappa shape index (κ1) is 14.4. The summed E-state index contributed by atoms with van der Waals surface area (Å²) >= 11 is 6.28. The average molecular weight is 281 g/mol. The number of halogens is 1. The minimum Gasteiger partial charge on any atom is -0.384 e. The third-order valence-corrected chi connectivity index (χ3v) is 3.49. The van der Waals surface area contributed by atoms with Crippen LogP contribution in [0, 0.1) is 12.8 Å². The lowest BCUT2D eigenvalue weighted by atomic mass is 10.1. The number of fused-ring (bicyclic) bond motifs is 1. The summed E-state index contributed by atoms with van der Waals surface area (Å²) in [5, 5.41) is -0.0958. The summed E-state index contributed by atoms with van der Waals surface area (Å²) in [7, 11) is 1.73. The third kappa shape index (κ3) is 2.93. The van der Waals surface area contributed by atoms with Crippen LogP contribution in [0.4, 0.5) is 0 Å². The van der Waals surface area contributed by atoms with E-state index in [-0.39, 0.29) is 5.38 Å². The number of hydrogen-bond acceptors (Lipinski definition) is 2. The molecule has 0 spiro atoms. The summed E-state index contributed by atoms with van der Waals surface area (Å²) in [6, 6.07) is 6.20. The molecule has 0 saturated carbocycles. The van der Waals surface area contributed by atoms with Gasteiger partial charge in [-0.05, 0) is 31.4 Å². The van der Waals surface area contributed by atoms with E-state index in [0.29, 0.717) is 5.92 Å². The van der Waals surface area contributed by atoms with Crippen molar-refractivity contribution in [1.29, 1.82) is 0 Å². The Morgan fingerprint density at radius 1 is 1.37 bits per heavy atom. The van der Waals surface area contributed by atoms with E-state index in [1.54, 1.807) is 7.11 Å². The van der Waals surface area contributed by atoms with Crippen LogP contribution in [0.15, 0.2) is 18.2 Å². The average Bonchev–Trinajstić information content (AvgIpc) is 2.70. The third-order valence-electron chi connectivity index (χ3n) is 3.30. The largest absolute Gasteiger partial charge is 0.384 e. The molecule has 2 rings (SSSR count). The fourth-order valence-electron chi connectivity index (χ4n) is 2.52. The number of nitrogens with zero attached hydrogens (tertiary/aromatic N) is 2. The SMILES string of the molecule is COCC(C)Cn1c(C(C)Cl)nc2cccc(C)c21. The Bertz CT molecular complexity index is 563. The Morgan fingerprint density at radius 3 is 2.74 bits per heavy atom. The number of rotatable bonds is 5. The predicted octanol–water partition coefficient (Wildman–Crippen LogP) is 3.93. The molecule has 0 bridgehead atoms. The van der Waals surface area contributed by atoms with E-state index in [4.69, 9.17) is 16.3 Å². The first-order valence-corrected chi connectivity index (χ1v) is 7.07. The van der Waals surface area contributed by atoms with E-state index >= 15 is 0 Å². The van der Waals surface area contributed by atoms with Crippen LogP contribution in [0.3, 0.4) is 0 Å². The van der Waals surface area contributed by atoms with Gasteiger partial charge in [-0.2, -0.15) is 0 Å². The van der Waals surface area contributed by atoms with Crippen molar-refractivity contribution < 1.29 is 4.74 Å². The van der Waals surface area contributed by atoms with Gasteiger partial charge in [-0.1, -0.05) is 19.1 Å². The molecule has 1 heterocycles. The van der Waals surface area contributed by atoms with Gasteiger partial charge in [0.15, 0.2) is 0 Å². The highest BCUT2D eigenvalue weighted by atomic mass is 35.5. The van der Waals surface area contributed by atoms with Crippen LogP contribution in [-0.4, -0.2) is 23.3 Å². The zero-order valence-corrected chi connectivity index (χ0v) is 12.7. The molecule has 2 unspecified atom stereocenters. The fourth-order valence-corrected chi connectivity index (χ4v) is 2.69. The van der Waals surface area contributed by atoms with Crippen molar-refractivity contribution in [3.8, 4) is 0 Å². The number of aryl methyl sites for hydroxylation is 1. The van der Waals surface area contributed by atoms with E-state index in [0.717, 1.165) is 24.5 Å². The van der Waals surface area contributed by atoms with Gasteiger partial charge in [-0.15, -0.1) is 11.6 Å². The van der Waals surface area contributed by atoms with Crippen LogP contribution in [0.5, 0.6) is 0 Å². The molecule has 19 heavy (non-hydrogen) atoms. The Hall–Kier alpha value is -1.06. The standard InChI is InChI=1S/C15H21ClN2O/c1-10(9-19-4)8-18-14-11(2)6-5-7-13(14)17-15(18)12(3)16/h5-7,10,12H,8-9H2,1-4H3. The van der Waals surface area contributed by atoms with Crippen molar-refractivity contribution in [3.63, 3.8) is 0 Å². The smallest absolute Gasteiger partial charge is 0.127 e. The van der Waals surface area contributed by atoms with Crippen molar-refractivity contribution in [2.75, 3.05) is 13.7 Å². The molecule has 1 aromatic carbocycles. The Kier molecular flexibility index (Phi) is 4.48. The van der Waals surface area contributed by atoms with Gasteiger partial charge in [0, 0.05) is 13.7 Å². The number of benzene rings is 1. The first-order chi connectivity index (χ1) is 9.04. The van der Waals surface area contributed by atoms with Crippen LogP contribution >= 0.6 is 11.6 Å². The molecular weight excluding hydrogens is 260 g/mol. The molecule has 0 radical (unpaired) electrons. The van der Waals surface area contributed by atoms with E-state index in [1.165, 1.54) is 11.1 Å². The maximum atomic E-state index is 6.28. The van der Waals surface area contributed by atoms with Gasteiger partial charge in [0.25, 0.3) is 0 Å². The minimum atomic E-state index is -0.0958. The molecule has 4 heteroatoms. The minimum absolute atomic E-state index is 0.0958. The Morgan fingerprint density at radius 2 is 2.11 bits per heavy atom. The van der Waals surface area contributed by atoms with Gasteiger partial charge < -0.3 is 9.30 Å². The number of hydrogen-bond donors (Lipinski definition) is 0. The van der Waals surface area contributed by atoms with Gasteiger partial charge >= 0.3 is 0 Å². The lowest BCUT2D eigenvalue weighted by Gasteiger charge is -2.16. The van der Waals surface area contributed by atoms with Gasteiger partial charge in [0.05, 0.1) is 23.0 Å². The second kappa shape index (κ2) is 5.93. The lowest BCUT2D eigenvalue weighted by Crippen LogP contribution is -2.15. The molecule has 1 aromatic heterocycles. The highest BCUT2D eigenvalue weighted by molar-refractivity contribution is 6.20. The van der Waals surface area contributed by atoms with Crippen LogP contribution in [-0.2, 0) is 11.3 Å². The quantitative estimate of drug-likeness (QED) is 0.776. The highest BCUT2D eigenvalue weighted by Gasteiger charge is 2.17. The highest BCUT2D eigenvalue weighted by Crippen LogP contribution is 2.27. The molecule has 2 aromatic rings. The van der Waals surface area contributed by atoms with E-state index in [1.807, 2.05) is 19.1 Å². The molecule has 2 atom stereocenters. The first-order valence-electron chi connectivity index (χ1n) is 6.63. The molecule has 0 aliphatic carbocycles. The van der Waals surface area contributed by atoms with Crippen molar-refractivity contribution in [1.82, 2.24) is 9.55 Å². The fraction of sp³-hybridized carbons (Fsp3) is 0.533. The lowest BCUT2D eigenvalue weighted by molar-refractivity contribution is 0.151. The summed E-state index contributed by atoms with van der Waals surface area (Å²) in [6.45, 7) is 7.87. The van der Waals surface area contributed by atoms with Crippen molar-refractivity contribution in [3.05, 3.63) is 29.6 Å². The van der Waals surface area contributed by atoms with Gasteiger partial charge in [-0.3, -0.25) is 0 Å². The molecule has 0 aliphatic rings. The van der Waals surface area contributed by atoms with Crippen LogP contribution in [0.1, 0.15) is 30.6 Å². The normalized spacial score (nSPS) is 14.8. The zero-order chi connectivity index (χ0) is 14.0. The molecule has 0 fully saturated rings. The van der Waals surface area contributed by atoms with Gasteiger partial charge in [-0.25, -0.2) is 4.98 Å². The van der Waals surface area contributed by atoms with Crippen molar-refractivity contribution in [2.24, 2.45) is 5.92 Å². The molecule has 0 aliphatic heterocycles. The number of methoxy groups -OCH3 is 1. The second-order valence-corrected chi connectivity index (χ2v) is 5.85. The maximum absolute atomic E-state index is 6.28. The maximum Gasteiger partial charge on any atom is 0.127 e. The van der Waals surface area contributed by atoms with Crippen molar-refractivity contribution in [2.45, 2.75) is 32.7 Å². The summed E-state index contributed by atoms with van der Waals surface area (Å²) in [5.41, 5.74) is 3.44. The molecule has 0 saturated heterocycles. The van der Waals surface area contributed by atoms with E-state index in [2.05, 4.69) is 29.5 Å². The molecule has 0 amide bonds. The number of ether oxygens (including phenoxy) is 1. The zero-order valence-electron chi connectivity index (χ0n) is 12.0. The van der Waals surface area contributed by atoms with E-state index < -0.39 is 0 Å². The summed E-state index contributed by atoms with van der Waals surface area (Å²) in [4.78, 5) is 4.68. The predicted molar refractivity (Wildman–Crippen MR) is 79.8 cm³/mol. The summed E-state index contributed by atoms with van der Waals surface area (Å²) < 4.78 is 7.47. The van der Waals surface area contributed by atoms with Gasteiger partial charge in [0.2, 0.25) is 0 Å².